The molecule has 0 aliphatic heterocycles. The number of hydrogen-bond acceptors (Lipinski definition) is 4. The van der Waals surface area contributed by atoms with Crippen molar-refractivity contribution in [3.8, 4) is 5.75 Å². The van der Waals surface area contributed by atoms with Crippen LogP contribution in [0.4, 0.5) is 16.2 Å². The van der Waals surface area contributed by atoms with Crippen molar-refractivity contribution in [3.63, 3.8) is 0 Å². The zero-order chi connectivity index (χ0) is 16.9. The molecule has 0 heterocycles. The van der Waals surface area contributed by atoms with Crippen LogP contribution < -0.4 is 20.1 Å². The summed E-state index contributed by atoms with van der Waals surface area (Å²) in [6.07, 6.45) is 0. The number of amides is 2. The number of anilines is 2. The maximum Gasteiger partial charge on any atom is 0.318 e. The van der Waals surface area contributed by atoms with Crippen LogP contribution in [0.2, 0.25) is 0 Å². The highest BCUT2D eigenvalue weighted by atomic mass is 32.2. The summed E-state index contributed by atoms with van der Waals surface area (Å²) >= 11 is 0. The first kappa shape index (κ1) is 16.6. The lowest BCUT2D eigenvalue weighted by Crippen LogP contribution is -2.24. The second-order valence-electron chi connectivity index (χ2n) is 4.53. The summed E-state index contributed by atoms with van der Waals surface area (Å²) in [7, 11) is -0.799. The van der Waals surface area contributed by atoms with Gasteiger partial charge < -0.3 is 15.4 Å². The Balaban J connectivity index is 2.21. The number of carbonyl (C=O) groups excluding carboxylic acids is 1. The number of nitrogens with one attached hydrogen (secondary N) is 3. The molecule has 8 heteroatoms. The van der Waals surface area contributed by atoms with E-state index in [1.54, 1.807) is 24.3 Å². The van der Waals surface area contributed by atoms with Crippen molar-refractivity contribution < 1.29 is 17.9 Å². The number of ether oxygens (including phenoxy) is 1. The second kappa shape index (κ2) is 7.01. The molecule has 0 saturated carbocycles. The van der Waals surface area contributed by atoms with Gasteiger partial charge in [0, 0.05) is 12.7 Å². The number of methoxy groups -OCH3 is 1. The van der Waals surface area contributed by atoms with Gasteiger partial charge in [-0.25, -0.2) is 13.2 Å². The number of sulfonamides is 1. The predicted octanol–water partition coefficient (Wildman–Crippen LogP) is 2.25. The molecular formula is C15H17N3O4S. The summed E-state index contributed by atoms with van der Waals surface area (Å²) in [6.45, 7) is 0. The van der Waals surface area contributed by atoms with Crippen molar-refractivity contribution in [1.29, 1.82) is 0 Å². The minimum Gasteiger partial charge on any atom is -0.495 e. The van der Waals surface area contributed by atoms with E-state index in [0.717, 1.165) is 0 Å². The van der Waals surface area contributed by atoms with E-state index < -0.39 is 10.0 Å². The number of rotatable bonds is 5. The van der Waals surface area contributed by atoms with E-state index >= 15 is 0 Å². The Kier molecular flexibility index (Phi) is 5.07. The van der Waals surface area contributed by atoms with E-state index in [-0.39, 0.29) is 10.9 Å². The first-order chi connectivity index (χ1) is 11.0. The van der Waals surface area contributed by atoms with Crippen LogP contribution in [-0.4, -0.2) is 28.6 Å². The average molecular weight is 335 g/mol. The van der Waals surface area contributed by atoms with Gasteiger partial charge in [-0.1, -0.05) is 12.1 Å². The van der Waals surface area contributed by atoms with Crippen LogP contribution in [0.5, 0.6) is 5.75 Å². The van der Waals surface area contributed by atoms with Gasteiger partial charge >= 0.3 is 6.03 Å². The molecule has 0 unspecified atom stereocenters. The molecule has 0 atom stereocenters. The van der Waals surface area contributed by atoms with Crippen molar-refractivity contribution in [1.82, 2.24) is 5.32 Å². The van der Waals surface area contributed by atoms with Gasteiger partial charge in [0.2, 0.25) is 0 Å². The molecule has 2 rings (SSSR count). The molecule has 2 aromatic rings. The monoisotopic (exact) mass is 335 g/mol. The highest BCUT2D eigenvalue weighted by Gasteiger charge is 2.16. The lowest BCUT2D eigenvalue weighted by atomic mass is 10.3. The second-order valence-corrected chi connectivity index (χ2v) is 6.22. The number of carbonyl (C=O) groups is 1. The van der Waals surface area contributed by atoms with Gasteiger partial charge in [0.15, 0.2) is 0 Å². The fourth-order valence-corrected chi connectivity index (χ4v) is 2.91. The van der Waals surface area contributed by atoms with Crippen LogP contribution in [0.1, 0.15) is 0 Å². The van der Waals surface area contributed by atoms with Crippen LogP contribution >= 0.6 is 0 Å². The normalized spacial score (nSPS) is 10.7. The third kappa shape index (κ3) is 4.13. The Morgan fingerprint density at radius 3 is 2.30 bits per heavy atom. The van der Waals surface area contributed by atoms with E-state index in [4.69, 9.17) is 4.74 Å². The van der Waals surface area contributed by atoms with Gasteiger partial charge in [-0.3, -0.25) is 4.72 Å². The average Bonchev–Trinajstić information content (AvgIpc) is 2.55. The number of urea groups is 1. The van der Waals surface area contributed by atoms with Gasteiger partial charge in [0.25, 0.3) is 10.0 Å². The Hall–Kier alpha value is -2.74. The molecule has 0 radical (unpaired) electrons. The lowest BCUT2D eigenvalue weighted by molar-refractivity contribution is 0.254. The number of hydrogen-bond donors (Lipinski definition) is 3. The topological polar surface area (TPSA) is 96.5 Å². The summed E-state index contributed by atoms with van der Waals surface area (Å²) in [5.41, 5.74) is 0.836. The minimum absolute atomic E-state index is 0.0749. The minimum atomic E-state index is -3.76. The molecule has 122 valence electrons. The van der Waals surface area contributed by atoms with E-state index in [1.165, 1.54) is 38.4 Å². The molecule has 0 bridgehead atoms. The first-order valence-electron chi connectivity index (χ1n) is 6.71. The molecule has 0 aliphatic rings. The highest BCUT2D eigenvalue weighted by Crippen LogP contribution is 2.26. The molecule has 0 aromatic heterocycles. The van der Waals surface area contributed by atoms with Crippen LogP contribution in [-0.2, 0) is 10.0 Å². The van der Waals surface area contributed by atoms with Crippen molar-refractivity contribution in [3.05, 3.63) is 48.5 Å². The molecule has 2 amide bonds. The van der Waals surface area contributed by atoms with E-state index in [2.05, 4.69) is 15.4 Å². The van der Waals surface area contributed by atoms with Gasteiger partial charge in [-0.15, -0.1) is 0 Å². The Labute approximate surface area is 134 Å². The van der Waals surface area contributed by atoms with Crippen LogP contribution in [0.25, 0.3) is 0 Å². The smallest absolute Gasteiger partial charge is 0.318 e. The fraction of sp³-hybridized carbons (Fsp3) is 0.133. The summed E-state index contributed by atoms with van der Waals surface area (Å²) in [5, 5.41) is 4.96. The highest BCUT2D eigenvalue weighted by molar-refractivity contribution is 7.92. The van der Waals surface area contributed by atoms with E-state index in [1.807, 2.05) is 0 Å². The third-order valence-corrected chi connectivity index (χ3v) is 4.38. The SMILES string of the molecule is CNC(=O)Nc1ccc(S(=O)(=O)Nc2ccccc2OC)cc1. The Morgan fingerprint density at radius 1 is 1.04 bits per heavy atom. The van der Waals surface area contributed by atoms with E-state index in [9.17, 15) is 13.2 Å². The molecule has 0 fully saturated rings. The first-order valence-corrected chi connectivity index (χ1v) is 8.19. The predicted molar refractivity (Wildman–Crippen MR) is 88.3 cm³/mol. The summed E-state index contributed by atoms with van der Waals surface area (Å²) in [4.78, 5) is 11.3. The number of benzene rings is 2. The van der Waals surface area contributed by atoms with Gasteiger partial charge in [-0.2, -0.15) is 0 Å². The van der Waals surface area contributed by atoms with Crippen molar-refractivity contribution >= 4 is 27.4 Å². The standard InChI is InChI=1S/C15H17N3O4S/c1-16-15(19)17-11-7-9-12(10-8-11)23(20,21)18-13-5-3-4-6-14(13)22-2/h3-10,18H,1-2H3,(H2,16,17,19). The van der Waals surface area contributed by atoms with Crippen molar-refractivity contribution in [2.75, 3.05) is 24.2 Å². The van der Waals surface area contributed by atoms with Crippen LogP contribution in [0.3, 0.4) is 0 Å². The third-order valence-electron chi connectivity index (χ3n) is 3.00. The zero-order valence-corrected chi connectivity index (χ0v) is 13.5. The molecule has 0 saturated heterocycles. The van der Waals surface area contributed by atoms with E-state index in [0.29, 0.717) is 17.1 Å². The molecule has 23 heavy (non-hydrogen) atoms. The molecule has 3 N–H and O–H groups in total. The van der Waals surface area contributed by atoms with Crippen molar-refractivity contribution in [2.24, 2.45) is 0 Å². The number of para-hydroxylation sites is 2. The summed E-state index contributed by atoms with van der Waals surface area (Å²) in [5.74, 6) is 0.425. The molecule has 0 aliphatic carbocycles. The van der Waals surface area contributed by atoms with Gasteiger partial charge in [-0.05, 0) is 36.4 Å². The molecule has 2 aromatic carbocycles. The molecule has 7 nitrogen and oxygen atoms in total. The van der Waals surface area contributed by atoms with Gasteiger partial charge in [0.05, 0.1) is 17.7 Å². The maximum absolute atomic E-state index is 12.4. The zero-order valence-electron chi connectivity index (χ0n) is 12.7. The van der Waals surface area contributed by atoms with Gasteiger partial charge in [0.1, 0.15) is 5.75 Å². The van der Waals surface area contributed by atoms with Crippen LogP contribution in [0, 0.1) is 0 Å². The Bertz CT molecular complexity index is 789. The summed E-state index contributed by atoms with van der Waals surface area (Å²) < 4.78 is 32.4. The molecular weight excluding hydrogens is 318 g/mol. The largest absolute Gasteiger partial charge is 0.495 e. The maximum atomic E-state index is 12.4. The molecule has 0 spiro atoms. The quantitative estimate of drug-likeness (QED) is 0.781. The van der Waals surface area contributed by atoms with Crippen LogP contribution in [0.15, 0.2) is 53.4 Å². The summed E-state index contributed by atoms with van der Waals surface area (Å²) in [6, 6.07) is 12.2. The van der Waals surface area contributed by atoms with Crippen molar-refractivity contribution in [2.45, 2.75) is 4.90 Å². The Morgan fingerprint density at radius 2 is 1.70 bits per heavy atom. The fourth-order valence-electron chi connectivity index (χ4n) is 1.84. The lowest BCUT2D eigenvalue weighted by Gasteiger charge is -2.12.